The highest BCUT2D eigenvalue weighted by Crippen LogP contribution is 2.34. The average molecular weight is 625 g/mol. The highest BCUT2D eigenvalue weighted by Gasteiger charge is 2.28. The normalized spacial score (nSPS) is 15.1. The molecule has 1 aromatic heterocycles. The topological polar surface area (TPSA) is 58.6 Å². The summed E-state index contributed by atoms with van der Waals surface area (Å²) in [4.78, 5) is 25.7. The zero-order valence-electron chi connectivity index (χ0n) is 27.8. The monoisotopic (exact) mass is 624 g/mol. The Hall–Kier alpha value is -3.45. The Morgan fingerprint density at radius 2 is 1.86 bits per heavy atom. The summed E-state index contributed by atoms with van der Waals surface area (Å²) in [6, 6.07) is 4.86. The molecule has 1 saturated heterocycles. The molecule has 1 atom stereocenters. The Bertz CT molecular complexity index is 1340. The van der Waals surface area contributed by atoms with E-state index < -0.39 is 5.60 Å². The Balaban J connectivity index is 0.000000514. The van der Waals surface area contributed by atoms with E-state index in [4.69, 9.17) is 21.3 Å². The minimum atomic E-state index is -0.497. The second kappa shape index (κ2) is 17.7. The van der Waals surface area contributed by atoms with Crippen LogP contribution in [0.5, 0.6) is 0 Å². The van der Waals surface area contributed by atoms with Gasteiger partial charge in [0.1, 0.15) is 23.6 Å². The molecule has 1 aliphatic rings. The van der Waals surface area contributed by atoms with Crippen LogP contribution < -0.4 is 4.90 Å². The molecule has 0 saturated carbocycles. The molecule has 240 valence electrons. The fraction of sp³-hybridized carbons (Fsp3) is 0.472. The van der Waals surface area contributed by atoms with E-state index in [9.17, 15) is 9.18 Å². The second-order valence-corrected chi connectivity index (χ2v) is 12.3. The number of carbonyl (C=O) groups excluding carboxylic acids is 1. The predicted molar refractivity (Wildman–Crippen MR) is 183 cm³/mol. The van der Waals surface area contributed by atoms with Crippen molar-refractivity contribution in [3.05, 3.63) is 94.7 Å². The van der Waals surface area contributed by atoms with Crippen LogP contribution in [0.25, 0.3) is 5.57 Å². The molecule has 0 aliphatic carbocycles. The number of benzene rings is 1. The fourth-order valence-corrected chi connectivity index (χ4v) is 4.92. The number of amides is 1. The first-order valence-corrected chi connectivity index (χ1v) is 15.9. The molecule has 1 aliphatic heterocycles. The van der Waals surface area contributed by atoms with Gasteiger partial charge in [0.15, 0.2) is 0 Å². The molecule has 1 amide bonds. The molecule has 2 aromatic rings. The summed E-state index contributed by atoms with van der Waals surface area (Å²) < 4.78 is 18.2. The summed E-state index contributed by atoms with van der Waals surface area (Å²) in [5, 5.41) is 0.218. The third-order valence-corrected chi connectivity index (χ3v) is 7.45. The van der Waals surface area contributed by atoms with Crippen LogP contribution in [0.4, 0.5) is 15.0 Å². The average Bonchev–Trinajstić information content (AvgIpc) is 2.98. The second-order valence-electron chi connectivity index (χ2n) is 11.9. The van der Waals surface area contributed by atoms with Crippen molar-refractivity contribution >= 4 is 29.1 Å². The van der Waals surface area contributed by atoms with Crippen LogP contribution in [0.15, 0.2) is 67.1 Å². The molecule has 44 heavy (non-hydrogen) atoms. The Morgan fingerprint density at radius 1 is 1.18 bits per heavy atom. The van der Waals surface area contributed by atoms with Crippen LogP contribution in [0.1, 0.15) is 78.1 Å². The summed E-state index contributed by atoms with van der Waals surface area (Å²) in [6.07, 6.45) is 14.7. The van der Waals surface area contributed by atoms with Gasteiger partial charge in [-0.2, -0.15) is 0 Å². The highest BCUT2D eigenvalue weighted by molar-refractivity contribution is 6.30. The van der Waals surface area contributed by atoms with Crippen molar-refractivity contribution in [2.75, 3.05) is 31.1 Å². The number of halogens is 2. The summed E-state index contributed by atoms with van der Waals surface area (Å²) in [5.74, 6) is 1.00. The number of allylic oxidation sites excluding steroid dienone is 7. The number of hydrogen-bond acceptors (Lipinski definition) is 5. The molecule has 0 spiro atoms. The van der Waals surface area contributed by atoms with Crippen LogP contribution in [-0.2, 0) is 11.2 Å². The lowest BCUT2D eigenvalue weighted by atomic mass is 9.92. The van der Waals surface area contributed by atoms with Crippen molar-refractivity contribution in [2.24, 2.45) is 5.92 Å². The van der Waals surface area contributed by atoms with Gasteiger partial charge in [0.25, 0.3) is 0 Å². The Labute approximate surface area is 269 Å². The third-order valence-electron chi connectivity index (χ3n) is 7.16. The van der Waals surface area contributed by atoms with Crippen molar-refractivity contribution in [3.63, 3.8) is 0 Å². The zero-order valence-corrected chi connectivity index (χ0v) is 28.5. The van der Waals surface area contributed by atoms with E-state index in [-0.39, 0.29) is 16.9 Å². The lowest BCUT2D eigenvalue weighted by Crippen LogP contribution is -2.50. The Morgan fingerprint density at radius 3 is 2.41 bits per heavy atom. The third kappa shape index (κ3) is 11.2. The van der Waals surface area contributed by atoms with Crippen LogP contribution in [0.3, 0.4) is 0 Å². The van der Waals surface area contributed by atoms with Crippen molar-refractivity contribution in [3.8, 4) is 0 Å². The van der Waals surface area contributed by atoms with Crippen molar-refractivity contribution in [1.29, 1.82) is 0 Å². The van der Waals surface area contributed by atoms with Gasteiger partial charge in [0.2, 0.25) is 0 Å². The standard InChI is InChI=1S/C27H40N4O2.C9H10ClF/c1-9-12-13-22(18-20(4)10-2)23(11-3)24-21(5)28-19-29-25(24)30-14-16-31(17-15-30)26(32)33-27(6,7)8;1-2-3-7-4-5-9(11)8(10)6-7/h9,11-13,18-20H,1,10,14-17H2,2-8H3;4-6H,2-3H2,1H3/b13-12-,22-18+,23-11-;. The van der Waals surface area contributed by atoms with Gasteiger partial charge < -0.3 is 14.5 Å². The van der Waals surface area contributed by atoms with Crippen LogP contribution >= 0.6 is 11.6 Å². The minimum Gasteiger partial charge on any atom is -0.444 e. The number of ether oxygens (including phenoxy) is 1. The molecule has 3 rings (SSSR count). The molecule has 8 heteroatoms. The van der Waals surface area contributed by atoms with Gasteiger partial charge in [-0.15, -0.1) is 0 Å². The maximum absolute atomic E-state index is 12.6. The number of hydrogen-bond donors (Lipinski definition) is 0. The van der Waals surface area contributed by atoms with E-state index in [1.54, 1.807) is 29.4 Å². The van der Waals surface area contributed by atoms with Crippen molar-refractivity contribution < 1.29 is 13.9 Å². The highest BCUT2D eigenvalue weighted by atomic mass is 35.5. The van der Waals surface area contributed by atoms with Crippen LogP contribution in [0.2, 0.25) is 5.02 Å². The molecule has 1 aromatic carbocycles. The van der Waals surface area contributed by atoms with Gasteiger partial charge in [-0.3, -0.25) is 0 Å². The number of aromatic nitrogens is 2. The maximum Gasteiger partial charge on any atom is 0.410 e. The molecule has 2 heterocycles. The lowest BCUT2D eigenvalue weighted by Gasteiger charge is -2.37. The summed E-state index contributed by atoms with van der Waals surface area (Å²) in [5.41, 5.74) is 4.82. The van der Waals surface area contributed by atoms with E-state index in [0.717, 1.165) is 53.0 Å². The van der Waals surface area contributed by atoms with Gasteiger partial charge in [0, 0.05) is 31.7 Å². The smallest absolute Gasteiger partial charge is 0.410 e. The molecule has 0 bridgehead atoms. The zero-order chi connectivity index (χ0) is 32.9. The van der Waals surface area contributed by atoms with Gasteiger partial charge in [0.05, 0.1) is 10.7 Å². The van der Waals surface area contributed by atoms with E-state index in [1.807, 2.05) is 33.8 Å². The fourth-order valence-electron chi connectivity index (χ4n) is 4.71. The number of rotatable bonds is 9. The number of carbonyl (C=O) groups is 1. The quantitative estimate of drug-likeness (QED) is 0.260. The molecule has 1 fully saturated rings. The maximum atomic E-state index is 12.6. The van der Waals surface area contributed by atoms with E-state index in [0.29, 0.717) is 32.1 Å². The van der Waals surface area contributed by atoms with Gasteiger partial charge in [-0.25, -0.2) is 19.2 Å². The molecular weight excluding hydrogens is 575 g/mol. The predicted octanol–water partition coefficient (Wildman–Crippen LogP) is 9.39. The first kappa shape index (κ1) is 36.7. The van der Waals surface area contributed by atoms with E-state index in [2.05, 4.69) is 62.4 Å². The van der Waals surface area contributed by atoms with Gasteiger partial charge in [-0.1, -0.05) is 88.2 Å². The summed E-state index contributed by atoms with van der Waals surface area (Å²) in [7, 11) is 0. The lowest BCUT2D eigenvalue weighted by molar-refractivity contribution is 0.0240. The van der Waals surface area contributed by atoms with E-state index in [1.165, 1.54) is 6.07 Å². The summed E-state index contributed by atoms with van der Waals surface area (Å²) >= 11 is 5.57. The van der Waals surface area contributed by atoms with Gasteiger partial charge in [-0.05, 0) is 75.8 Å². The van der Waals surface area contributed by atoms with Crippen LogP contribution in [-0.4, -0.2) is 52.7 Å². The molecule has 0 N–H and O–H groups in total. The summed E-state index contributed by atoms with van der Waals surface area (Å²) in [6.45, 7) is 22.6. The van der Waals surface area contributed by atoms with Crippen LogP contribution in [0, 0.1) is 18.7 Å². The molecular formula is C36H50ClFN4O2. The SMILES string of the molecule is C=C\C=C/C(=C\C(C)CC)C(=C/C)/c1c(C)ncnc1N1CCN(C(=O)OC(C)(C)C)CC1.CCCc1ccc(F)c(Cl)c1. The van der Waals surface area contributed by atoms with Crippen molar-refractivity contribution in [2.45, 2.75) is 80.3 Å². The largest absolute Gasteiger partial charge is 0.444 e. The van der Waals surface area contributed by atoms with Crippen molar-refractivity contribution in [1.82, 2.24) is 14.9 Å². The number of piperazine rings is 1. The molecule has 1 unspecified atom stereocenters. The first-order valence-electron chi connectivity index (χ1n) is 15.5. The Kier molecular flexibility index (Phi) is 14.8. The molecule has 6 nitrogen and oxygen atoms in total. The number of anilines is 1. The number of aryl methyl sites for hydroxylation is 2. The van der Waals surface area contributed by atoms with E-state index >= 15 is 0 Å². The first-order chi connectivity index (χ1) is 20.8. The minimum absolute atomic E-state index is 0.218. The molecule has 0 radical (unpaired) electrons. The van der Waals surface area contributed by atoms with Gasteiger partial charge >= 0.3 is 6.09 Å². The number of nitrogens with zero attached hydrogens (tertiary/aromatic N) is 4.